The van der Waals surface area contributed by atoms with E-state index in [1.165, 1.54) is 4.90 Å². The SMILES string of the molecule is Cc1noc2c(O[C@@H]3CC(C(=O)O)N(C(=O)[C@@H](NC(=O)OC(C)(C)C)C(C)(C)C)C3)cc(-c3ccccc3)nc12. The third-order valence-electron chi connectivity index (χ3n) is 6.52. The maximum Gasteiger partial charge on any atom is 0.408 e. The quantitative estimate of drug-likeness (QED) is 0.449. The zero-order chi connectivity index (χ0) is 29.4. The number of carbonyl (C=O) groups excluding carboxylic acids is 2. The summed E-state index contributed by atoms with van der Waals surface area (Å²) in [6.45, 7) is 12.3. The molecule has 1 aromatic carbocycles. The number of ether oxygens (including phenoxy) is 2. The van der Waals surface area contributed by atoms with Gasteiger partial charge in [0, 0.05) is 18.1 Å². The van der Waals surface area contributed by atoms with Gasteiger partial charge in [-0.3, -0.25) is 4.79 Å². The molecule has 0 saturated carbocycles. The van der Waals surface area contributed by atoms with Crippen LogP contribution in [0.5, 0.6) is 5.75 Å². The number of aliphatic carboxylic acids is 1. The molecule has 2 N–H and O–H groups in total. The average molecular weight is 553 g/mol. The standard InChI is InChI=1S/C29H36N4O7/c1-16-22-23(40-32-16)21(14-19(30-22)17-11-9-8-10-12-17)38-18-13-20(26(35)36)33(15-18)25(34)24(28(2,3)4)31-27(37)39-29(5,6)7/h8-12,14,18,20,24H,13,15H2,1-7H3,(H,31,37)(H,35,36)/t18-,20?,24-/m1/s1. The first-order chi connectivity index (χ1) is 18.6. The Bertz CT molecular complexity index is 1410. The first-order valence-electron chi connectivity index (χ1n) is 13.2. The van der Waals surface area contributed by atoms with Crippen LogP contribution in [-0.2, 0) is 14.3 Å². The highest BCUT2D eigenvalue weighted by atomic mass is 16.6. The second kappa shape index (κ2) is 10.8. The number of pyridine rings is 1. The molecule has 2 aromatic heterocycles. The summed E-state index contributed by atoms with van der Waals surface area (Å²) in [6.07, 6.45) is -1.37. The van der Waals surface area contributed by atoms with Crippen LogP contribution in [0.2, 0.25) is 0 Å². The summed E-state index contributed by atoms with van der Waals surface area (Å²) < 4.78 is 17.2. The van der Waals surface area contributed by atoms with E-state index in [1.807, 2.05) is 30.3 Å². The number of alkyl carbamates (subject to hydrolysis) is 1. The molecule has 0 bridgehead atoms. The zero-order valence-electron chi connectivity index (χ0n) is 23.8. The fourth-order valence-corrected chi connectivity index (χ4v) is 4.62. The lowest BCUT2D eigenvalue weighted by Crippen LogP contribution is -2.57. The summed E-state index contributed by atoms with van der Waals surface area (Å²) in [6, 6.07) is 9.09. The molecule has 11 nitrogen and oxygen atoms in total. The lowest BCUT2D eigenvalue weighted by molar-refractivity contribution is -0.150. The molecular formula is C29H36N4O7. The number of hydrogen-bond donors (Lipinski definition) is 2. The summed E-state index contributed by atoms with van der Waals surface area (Å²) >= 11 is 0. The Morgan fingerprint density at radius 2 is 1.80 bits per heavy atom. The van der Waals surface area contributed by atoms with E-state index in [0.29, 0.717) is 28.2 Å². The summed E-state index contributed by atoms with van der Waals surface area (Å²) in [5, 5.41) is 16.7. The van der Waals surface area contributed by atoms with Gasteiger partial charge in [0.2, 0.25) is 11.5 Å². The number of fused-ring (bicyclic) bond motifs is 1. The Morgan fingerprint density at radius 1 is 1.12 bits per heavy atom. The molecule has 214 valence electrons. The van der Waals surface area contributed by atoms with E-state index >= 15 is 0 Å². The van der Waals surface area contributed by atoms with Crippen LogP contribution < -0.4 is 10.1 Å². The van der Waals surface area contributed by atoms with Crippen LogP contribution in [0.3, 0.4) is 0 Å². The molecule has 3 aromatic rings. The molecule has 4 rings (SSSR count). The van der Waals surface area contributed by atoms with Crippen molar-refractivity contribution in [3.05, 3.63) is 42.1 Å². The Labute approximate surface area is 232 Å². The lowest BCUT2D eigenvalue weighted by Gasteiger charge is -2.35. The maximum absolute atomic E-state index is 13.8. The molecule has 1 aliphatic heterocycles. The van der Waals surface area contributed by atoms with Gasteiger partial charge < -0.3 is 29.3 Å². The molecule has 0 radical (unpaired) electrons. The summed E-state index contributed by atoms with van der Waals surface area (Å²) in [7, 11) is 0. The predicted molar refractivity (Wildman–Crippen MR) is 147 cm³/mol. The van der Waals surface area contributed by atoms with Crippen molar-refractivity contribution in [3.63, 3.8) is 0 Å². The first-order valence-corrected chi connectivity index (χ1v) is 13.2. The number of rotatable bonds is 6. The van der Waals surface area contributed by atoms with Crippen molar-refractivity contribution in [1.82, 2.24) is 20.4 Å². The maximum atomic E-state index is 13.8. The Morgan fingerprint density at radius 3 is 2.40 bits per heavy atom. The van der Waals surface area contributed by atoms with Crippen LogP contribution in [0.25, 0.3) is 22.4 Å². The van der Waals surface area contributed by atoms with Crippen LogP contribution in [0.1, 0.15) is 53.7 Å². The summed E-state index contributed by atoms with van der Waals surface area (Å²) in [5.74, 6) is -1.34. The van der Waals surface area contributed by atoms with E-state index in [1.54, 1.807) is 54.5 Å². The molecule has 3 heterocycles. The zero-order valence-corrected chi connectivity index (χ0v) is 23.8. The van der Waals surface area contributed by atoms with Crippen molar-refractivity contribution in [2.75, 3.05) is 6.54 Å². The second-order valence-electron chi connectivity index (χ2n) is 12.1. The number of carboxylic acids is 1. The molecule has 1 saturated heterocycles. The summed E-state index contributed by atoms with van der Waals surface area (Å²) in [5.41, 5.74) is 1.48. The van der Waals surface area contributed by atoms with Crippen molar-refractivity contribution < 1.29 is 33.5 Å². The van der Waals surface area contributed by atoms with Gasteiger partial charge in [-0.25, -0.2) is 14.6 Å². The van der Waals surface area contributed by atoms with Gasteiger partial charge in [-0.2, -0.15) is 0 Å². The molecule has 0 spiro atoms. The summed E-state index contributed by atoms with van der Waals surface area (Å²) in [4.78, 5) is 44.5. The van der Waals surface area contributed by atoms with Crippen LogP contribution in [-0.4, -0.2) is 68.5 Å². The van der Waals surface area contributed by atoms with Gasteiger partial charge >= 0.3 is 12.1 Å². The Hall–Kier alpha value is -4.15. The molecule has 1 fully saturated rings. The topological polar surface area (TPSA) is 144 Å². The highest BCUT2D eigenvalue weighted by Gasteiger charge is 2.46. The van der Waals surface area contributed by atoms with E-state index < -0.39 is 47.2 Å². The second-order valence-corrected chi connectivity index (χ2v) is 12.1. The van der Waals surface area contributed by atoms with Crippen LogP contribution in [0.15, 0.2) is 40.9 Å². The molecule has 11 heteroatoms. The van der Waals surface area contributed by atoms with Gasteiger partial charge in [0.15, 0.2) is 5.75 Å². The third kappa shape index (κ3) is 6.35. The van der Waals surface area contributed by atoms with Gasteiger partial charge in [0.1, 0.15) is 35.0 Å². The molecule has 0 aliphatic carbocycles. The minimum atomic E-state index is -1.16. The Kier molecular flexibility index (Phi) is 7.78. The van der Waals surface area contributed by atoms with Crippen molar-refractivity contribution in [1.29, 1.82) is 0 Å². The first kappa shape index (κ1) is 28.8. The minimum absolute atomic E-state index is 0.00398. The average Bonchev–Trinajstić information content (AvgIpc) is 3.45. The van der Waals surface area contributed by atoms with Crippen molar-refractivity contribution >= 4 is 29.1 Å². The van der Waals surface area contributed by atoms with E-state index in [9.17, 15) is 19.5 Å². The van der Waals surface area contributed by atoms with Crippen LogP contribution in [0, 0.1) is 12.3 Å². The van der Waals surface area contributed by atoms with Gasteiger partial charge in [0.05, 0.1) is 12.2 Å². The fourth-order valence-electron chi connectivity index (χ4n) is 4.62. The van der Waals surface area contributed by atoms with Crippen LogP contribution >= 0.6 is 0 Å². The lowest BCUT2D eigenvalue weighted by atomic mass is 9.85. The molecular weight excluding hydrogens is 516 g/mol. The van der Waals surface area contributed by atoms with E-state index in [2.05, 4.69) is 15.5 Å². The van der Waals surface area contributed by atoms with Gasteiger partial charge in [-0.15, -0.1) is 0 Å². The number of aromatic nitrogens is 2. The van der Waals surface area contributed by atoms with E-state index in [4.69, 9.17) is 14.0 Å². The largest absolute Gasteiger partial charge is 0.484 e. The molecule has 1 unspecified atom stereocenters. The highest BCUT2D eigenvalue weighted by Crippen LogP contribution is 2.34. The number of likely N-dealkylation sites (tertiary alicyclic amines) is 1. The Balaban J connectivity index is 1.62. The van der Waals surface area contributed by atoms with Crippen molar-refractivity contribution in [2.45, 2.75) is 78.7 Å². The number of carboxylic acid groups (broad SMARTS) is 1. The number of nitrogens with zero attached hydrogens (tertiary/aromatic N) is 3. The van der Waals surface area contributed by atoms with E-state index in [0.717, 1.165) is 5.56 Å². The number of carbonyl (C=O) groups is 3. The van der Waals surface area contributed by atoms with Crippen molar-refractivity contribution in [3.8, 4) is 17.0 Å². The number of amides is 2. The highest BCUT2D eigenvalue weighted by molar-refractivity contribution is 5.90. The number of aryl methyl sites for hydroxylation is 1. The van der Waals surface area contributed by atoms with Gasteiger partial charge in [-0.05, 0) is 33.1 Å². The van der Waals surface area contributed by atoms with Crippen LogP contribution in [0.4, 0.5) is 4.79 Å². The van der Waals surface area contributed by atoms with Crippen molar-refractivity contribution in [2.24, 2.45) is 5.41 Å². The predicted octanol–water partition coefficient (Wildman–Crippen LogP) is 4.57. The third-order valence-corrected chi connectivity index (χ3v) is 6.52. The monoisotopic (exact) mass is 552 g/mol. The molecule has 2 amide bonds. The normalized spacial score (nSPS) is 18.4. The molecule has 1 aliphatic rings. The fraction of sp³-hybridized carbons (Fsp3) is 0.483. The number of nitrogens with one attached hydrogen (secondary N) is 1. The smallest absolute Gasteiger partial charge is 0.408 e. The number of benzene rings is 1. The van der Waals surface area contributed by atoms with E-state index in [-0.39, 0.29) is 13.0 Å². The molecule has 3 atom stereocenters. The number of hydrogen-bond acceptors (Lipinski definition) is 8. The van der Waals surface area contributed by atoms with Gasteiger partial charge in [0.25, 0.3) is 0 Å². The minimum Gasteiger partial charge on any atom is -0.484 e. The van der Waals surface area contributed by atoms with Gasteiger partial charge in [-0.1, -0.05) is 56.3 Å². The molecule has 40 heavy (non-hydrogen) atoms.